The van der Waals surface area contributed by atoms with Crippen LogP contribution in [0.4, 0.5) is 10.2 Å². The average Bonchev–Trinajstić information content (AvgIpc) is 2.28. The summed E-state index contributed by atoms with van der Waals surface area (Å²) in [7, 11) is 0. The van der Waals surface area contributed by atoms with Crippen molar-refractivity contribution in [3.05, 3.63) is 47.8 Å². The number of rotatable bonds is 2. The second-order valence-corrected chi connectivity index (χ2v) is 3.44. The highest BCUT2D eigenvalue weighted by molar-refractivity contribution is 5.93. The van der Waals surface area contributed by atoms with Gasteiger partial charge in [0.25, 0.3) is 0 Å². The van der Waals surface area contributed by atoms with Crippen molar-refractivity contribution in [3.8, 4) is 11.3 Å². The van der Waals surface area contributed by atoms with Gasteiger partial charge in [-0.2, -0.15) is 0 Å². The van der Waals surface area contributed by atoms with Gasteiger partial charge in [-0.25, -0.2) is 14.2 Å². The molecular formula is C12H9FN2O2. The Labute approximate surface area is 96.5 Å². The number of aromatic carboxylic acids is 1. The second-order valence-electron chi connectivity index (χ2n) is 3.44. The Morgan fingerprint density at radius 1 is 1.29 bits per heavy atom. The second kappa shape index (κ2) is 4.21. The van der Waals surface area contributed by atoms with Crippen LogP contribution < -0.4 is 5.73 Å². The molecule has 5 heteroatoms. The van der Waals surface area contributed by atoms with Crippen LogP contribution in [-0.4, -0.2) is 16.1 Å². The number of anilines is 1. The molecule has 1 aromatic heterocycles. The van der Waals surface area contributed by atoms with E-state index in [1.54, 1.807) is 12.1 Å². The van der Waals surface area contributed by atoms with Gasteiger partial charge in [-0.15, -0.1) is 0 Å². The summed E-state index contributed by atoms with van der Waals surface area (Å²) in [5.74, 6) is -1.61. The van der Waals surface area contributed by atoms with Gasteiger partial charge in [0.05, 0.1) is 5.69 Å². The smallest absolute Gasteiger partial charge is 0.339 e. The maximum atomic E-state index is 13.0. The van der Waals surface area contributed by atoms with Gasteiger partial charge in [0, 0.05) is 5.56 Å². The van der Waals surface area contributed by atoms with E-state index in [-0.39, 0.29) is 17.2 Å². The Bertz CT molecular complexity index is 584. The maximum absolute atomic E-state index is 13.0. The highest BCUT2D eigenvalue weighted by atomic mass is 19.1. The first-order valence-corrected chi connectivity index (χ1v) is 4.83. The maximum Gasteiger partial charge on any atom is 0.339 e. The summed E-state index contributed by atoms with van der Waals surface area (Å²) in [6.45, 7) is 0. The summed E-state index contributed by atoms with van der Waals surface area (Å²) in [5.41, 5.74) is 6.43. The molecule has 0 radical (unpaired) electrons. The Morgan fingerprint density at radius 3 is 2.65 bits per heavy atom. The zero-order chi connectivity index (χ0) is 12.4. The van der Waals surface area contributed by atoms with E-state index in [1.807, 2.05) is 0 Å². The van der Waals surface area contributed by atoms with Crippen LogP contribution >= 0.6 is 0 Å². The molecule has 2 aromatic rings. The van der Waals surface area contributed by atoms with Gasteiger partial charge >= 0.3 is 5.97 Å². The van der Waals surface area contributed by atoms with E-state index in [2.05, 4.69) is 4.98 Å². The summed E-state index contributed by atoms with van der Waals surface area (Å²) in [5, 5.41) is 8.79. The molecule has 0 saturated heterocycles. The lowest BCUT2D eigenvalue weighted by atomic mass is 10.1. The number of nitrogens with zero attached hydrogens (tertiary/aromatic N) is 1. The van der Waals surface area contributed by atoms with E-state index < -0.39 is 5.97 Å². The number of carboxylic acids is 1. The molecule has 0 spiro atoms. The molecule has 0 saturated carbocycles. The minimum absolute atomic E-state index is 0.0647. The van der Waals surface area contributed by atoms with Crippen LogP contribution in [0.15, 0.2) is 36.4 Å². The third kappa shape index (κ3) is 2.23. The van der Waals surface area contributed by atoms with Crippen molar-refractivity contribution in [2.24, 2.45) is 0 Å². The number of carbonyl (C=O) groups is 1. The summed E-state index contributed by atoms with van der Waals surface area (Å²) in [6, 6.07) is 8.69. The SMILES string of the molecule is Nc1nc(-c2cccc(F)c2)ccc1C(=O)O. The fourth-order valence-corrected chi connectivity index (χ4v) is 1.46. The van der Waals surface area contributed by atoms with Crippen LogP contribution in [-0.2, 0) is 0 Å². The van der Waals surface area contributed by atoms with Crippen LogP contribution in [0.5, 0.6) is 0 Å². The van der Waals surface area contributed by atoms with Gasteiger partial charge in [0.2, 0.25) is 0 Å². The Kier molecular flexibility index (Phi) is 2.74. The third-order valence-electron chi connectivity index (χ3n) is 2.28. The number of benzene rings is 1. The van der Waals surface area contributed by atoms with E-state index in [0.717, 1.165) is 0 Å². The van der Waals surface area contributed by atoms with Crippen LogP contribution in [0.3, 0.4) is 0 Å². The number of pyridine rings is 1. The molecule has 0 bridgehead atoms. The number of nitrogen functional groups attached to an aromatic ring is 1. The molecule has 17 heavy (non-hydrogen) atoms. The normalized spacial score (nSPS) is 10.2. The zero-order valence-electron chi connectivity index (χ0n) is 8.72. The quantitative estimate of drug-likeness (QED) is 0.831. The zero-order valence-corrected chi connectivity index (χ0v) is 8.72. The molecule has 0 aliphatic carbocycles. The van der Waals surface area contributed by atoms with E-state index in [9.17, 15) is 9.18 Å². The number of nitrogens with two attached hydrogens (primary N) is 1. The summed E-state index contributed by atoms with van der Waals surface area (Å²) in [4.78, 5) is 14.7. The molecule has 0 unspecified atom stereocenters. The monoisotopic (exact) mass is 232 g/mol. The van der Waals surface area contributed by atoms with Crippen LogP contribution in [0.1, 0.15) is 10.4 Å². The lowest BCUT2D eigenvalue weighted by molar-refractivity contribution is 0.0697. The van der Waals surface area contributed by atoms with E-state index >= 15 is 0 Å². The van der Waals surface area contributed by atoms with Gasteiger partial charge in [-0.3, -0.25) is 0 Å². The van der Waals surface area contributed by atoms with Crippen molar-refractivity contribution in [2.75, 3.05) is 5.73 Å². The summed E-state index contributed by atoms with van der Waals surface area (Å²) < 4.78 is 13.0. The topological polar surface area (TPSA) is 76.2 Å². The Hall–Kier alpha value is -2.43. The number of halogens is 1. The molecule has 4 nitrogen and oxygen atoms in total. The number of aromatic nitrogens is 1. The first kappa shape index (κ1) is 11.1. The van der Waals surface area contributed by atoms with E-state index in [1.165, 1.54) is 24.3 Å². The molecule has 1 aromatic carbocycles. The van der Waals surface area contributed by atoms with Crippen molar-refractivity contribution in [3.63, 3.8) is 0 Å². The molecular weight excluding hydrogens is 223 g/mol. The third-order valence-corrected chi connectivity index (χ3v) is 2.28. The summed E-state index contributed by atoms with van der Waals surface area (Å²) >= 11 is 0. The van der Waals surface area contributed by atoms with Crippen LogP contribution in [0, 0.1) is 5.82 Å². The first-order chi connectivity index (χ1) is 8.08. The van der Waals surface area contributed by atoms with Gasteiger partial charge in [0.15, 0.2) is 0 Å². The minimum atomic E-state index is -1.14. The fourth-order valence-electron chi connectivity index (χ4n) is 1.46. The van der Waals surface area contributed by atoms with Crippen molar-refractivity contribution in [1.82, 2.24) is 4.98 Å². The highest BCUT2D eigenvalue weighted by Crippen LogP contribution is 2.20. The molecule has 0 amide bonds. The minimum Gasteiger partial charge on any atom is -0.478 e. The number of carboxylic acid groups (broad SMARTS) is 1. The molecule has 0 aliphatic rings. The summed E-state index contributed by atoms with van der Waals surface area (Å²) in [6.07, 6.45) is 0. The van der Waals surface area contributed by atoms with E-state index in [4.69, 9.17) is 10.8 Å². The largest absolute Gasteiger partial charge is 0.478 e. The standard InChI is InChI=1S/C12H9FN2O2/c13-8-3-1-2-7(6-8)10-5-4-9(12(16)17)11(14)15-10/h1-6H,(H2,14,15)(H,16,17). The average molecular weight is 232 g/mol. The van der Waals surface area contributed by atoms with Crippen molar-refractivity contribution in [1.29, 1.82) is 0 Å². The van der Waals surface area contributed by atoms with Crippen molar-refractivity contribution in [2.45, 2.75) is 0 Å². The number of hydrogen-bond acceptors (Lipinski definition) is 3. The van der Waals surface area contributed by atoms with Gasteiger partial charge in [0.1, 0.15) is 17.2 Å². The molecule has 1 heterocycles. The van der Waals surface area contributed by atoms with Crippen molar-refractivity contribution < 1.29 is 14.3 Å². The molecule has 86 valence electrons. The predicted molar refractivity (Wildman–Crippen MR) is 61.0 cm³/mol. The molecule has 0 fully saturated rings. The lowest BCUT2D eigenvalue weighted by Gasteiger charge is -2.04. The Morgan fingerprint density at radius 2 is 2.06 bits per heavy atom. The van der Waals surface area contributed by atoms with Gasteiger partial charge in [-0.05, 0) is 24.3 Å². The van der Waals surface area contributed by atoms with Crippen molar-refractivity contribution >= 4 is 11.8 Å². The van der Waals surface area contributed by atoms with Crippen LogP contribution in [0.2, 0.25) is 0 Å². The van der Waals surface area contributed by atoms with Crippen LogP contribution in [0.25, 0.3) is 11.3 Å². The van der Waals surface area contributed by atoms with Gasteiger partial charge < -0.3 is 10.8 Å². The molecule has 0 aliphatic heterocycles. The molecule has 2 rings (SSSR count). The Balaban J connectivity index is 2.48. The predicted octanol–water partition coefficient (Wildman–Crippen LogP) is 2.17. The number of hydrogen-bond donors (Lipinski definition) is 2. The first-order valence-electron chi connectivity index (χ1n) is 4.83. The lowest BCUT2D eigenvalue weighted by Crippen LogP contribution is -2.04. The van der Waals surface area contributed by atoms with E-state index in [0.29, 0.717) is 11.3 Å². The highest BCUT2D eigenvalue weighted by Gasteiger charge is 2.10. The van der Waals surface area contributed by atoms with Gasteiger partial charge in [-0.1, -0.05) is 12.1 Å². The molecule has 3 N–H and O–H groups in total. The fraction of sp³-hybridized carbons (Fsp3) is 0. The molecule has 0 atom stereocenters.